The van der Waals surface area contributed by atoms with Gasteiger partial charge in [0.05, 0.1) is 15.4 Å². The van der Waals surface area contributed by atoms with Gasteiger partial charge in [-0.3, -0.25) is 24.6 Å². The Bertz CT molecular complexity index is 1160. The van der Waals surface area contributed by atoms with Gasteiger partial charge in [-0.25, -0.2) is 4.79 Å². The number of carbonyl (C=O) groups is 3. The van der Waals surface area contributed by atoms with Crippen molar-refractivity contribution < 1.29 is 24.4 Å². The van der Waals surface area contributed by atoms with E-state index in [9.17, 15) is 24.5 Å². The van der Waals surface area contributed by atoms with Crippen molar-refractivity contribution >= 4 is 63.5 Å². The Hall–Kier alpha value is -3.57. The maximum atomic E-state index is 12.7. The molecule has 0 atom stereocenters. The van der Waals surface area contributed by atoms with E-state index in [2.05, 4.69) is 5.32 Å². The monoisotopic (exact) mass is 499 g/mol. The van der Waals surface area contributed by atoms with Gasteiger partial charge in [0.15, 0.2) is 0 Å². The lowest BCUT2D eigenvalue weighted by Gasteiger charge is -2.14. The standard InChI is InChI=1S/C23H21N3O6S2/c27-20(24-17-10-8-16(9-11-17)22(29)30)7-2-1-3-12-25-21(28)19(34-23(25)33)14-15-5-4-6-18(13-15)26(31)32/h4-6,8-11,13-14H,1-3,7,12H2,(H,24,27)(H,29,30)/b19-14-. The number of hydrogen-bond acceptors (Lipinski definition) is 7. The van der Waals surface area contributed by atoms with Crippen LogP contribution in [-0.2, 0) is 9.59 Å². The van der Waals surface area contributed by atoms with Crippen molar-refractivity contribution in [3.05, 3.63) is 74.7 Å². The molecular formula is C23H21N3O6S2. The average Bonchev–Trinajstić information content (AvgIpc) is 3.06. The third-order valence-corrected chi connectivity index (χ3v) is 6.33. The van der Waals surface area contributed by atoms with Crippen molar-refractivity contribution in [2.45, 2.75) is 25.7 Å². The molecule has 0 aromatic heterocycles. The second-order valence-corrected chi connectivity index (χ2v) is 9.10. The Balaban J connectivity index is 1.43. The van der Waals surface area contributed by atoms with E-state index < -0.39 is 10.9 Å². The van der Waals surface area contributed by atoms with Crippen LogP contribution in [0.4, 0.5) is 11.4 Å². The van der Waals surface area contributed by atoms with Gasteiger partial charge in [-0.2, -0.15) is 0 Å². The quantitative estimate of drug-likeness (QED) is 0.158. The first-order chi connectivity index (χ1) is 16.2. The van der Waals surface area contributed by atoms with Crippen molar-refractivity contribution in [2.75, 3.05) is 11.9 Å². The van der Waals surface area contributed by atoms with Crippen LogP contribution < -0.4 is 5.32 Å². The van der Waals surface area contributed by atoms with Gasteiger partial charge in [-0.15, -0.1) is 0 Å². The van der Waals surface area contributed by atoms with E-state index in [1.54, 1.807) is 18.2 Å². The molecule has 0 aliphatic carbocycles. The zero-order chi connectivity index (χ0) is 24.7. The van der Waals surface area contributed by atoms with Gasteiger partial charge in [-0.05, 0) is 48.7 Å². The SMILES string of the molecule is O=C(CCCCCN1C(=O)/C(=C/c2cccc([N+](=O)[O-])c2)SC1=S)Nc1ccc(C(=O)O)cc1. The summed E-state index contributed by atoms with van der Waals surface area (Å²) in [5.41, 5.74) is 1.18. The molecule has 1 fully saturated rings. The highest BCUT2D eigenvalue weighted by Crippen LogP contribution is 2.33. The first-order valence-electron chi connectivity index (χ1n) is 10.4. The minimum Gasteiger partial charge on any atom is -0.478 e. The number of thioether (sulfide) groups is 1. The first-order valence-corrected chi connectivity index (χ1v) is 11.6. The molecule has 1 aliphatic heterocycles. The Labute approximate surface area is 205 Å². The van der Waals surface area contributed by atoms with Gasteiger partial charge >= 0.3 is 5.97 Å². The number of benzene rings is 2. The third kappa shape index (κ3) is 6.72. The molecule has 0 bridgehead atoms. The smallest absolute Gasteiger partial charge is 0.335 e. The van der Waals surface area contributed by atoms with Gasteiger partial charge in [0.25, 0.3) is 11.6 Å². The lowest BCUT2D eigenvalue weighted by Crippen LogP contribution is -2.29. The minimum absolute atomic E-state index is 0.0504. The topological polar surface area (TPSA) is 130 Å². The molecule has 1 aliphatic rings. The number of nitro benzene ring substituents is 1. The Morgan fingerprint density at radius 3 is 2.56 bits per heavy atom. The number of carbonyl (C=O) groups excluding carboxylic acids is 2. The van der Waals surface area contributed by atoms with Crippen LogP contribution in [0.15, 0.2) is 53.4 Å². The van der Waals surface area contributed by atoms with E-state index in [0.29, 0.717) is 52.7 Å². The molecule has 0 unspecified atom stereocenters. The van der Waals surface area contributed by atoms with Gasteiger partial charge in [0.1, 0.15) is 4.32 Å². The predicted molar refractivity (Wildman–Crippen MR) is 133 cm³/mol. The molecule has 2 amide bonds. The number of nitrogens with one attached hydrogen (secondary N) is 1. The van der Waals surface area contributed by atoms with E-state index in [0.717, 1.165) is 11.8 Å². The highest BCUT2D eigenvalue weighted by Gasteiger charge is 2.31. The molecule has 11 heteroatoms. The fourth-order valence-corrected chi connectivity index (χ4v) is 4.53. The molecule has 34 heavy (non-hydrogen) atoms. The number of unbranched alkanes of at least 4 members (excludes halogenated alkanes) is 2. The number of nitrogens with zero attached hydrogens (tertiary/aromatic N) is 2. The zero-order valence-corrected chi connectivity index (χ0v) is 19.6. The number of amides is 2. The van der Waals surface area contributed by atoms with Crippen molar-refractivity contribution in [3.8, 4) is 0 Å². The summed E-state index contributed by atoms with van der Waals surface area (Å²) in [6.45, 7) is 0.426. The largest absolute Gasteiger partial charge is 0.478 e. The molecule has 1 heterocycles. The summed E-state index contributed by atoms with van der Waals surface area (Å²) in [6, 6.07) is 12.0. The number of anilines is 1. The maximum absolute atomic E-state index is 12.7. The zero-order valence-electron chi connectivity index (χ0n) is 17.9. The predicted octanol–water partition coefficient (Wildman–Crippen LogP) is 4.69. The highest BCUT2D eigenvalue weighted by atomic mass is 32.2. The number of thiocarbonyl (C=S) groups is 1. The second-order valence-electron chi connectivity index (χ2n) is 7.43. The Morgan fingerprint density at radius 1 is 1.15 bits per heavy atom. The average molecular weight is 500 g/mol. The van der Waals surface area contributed by atoms with Crippen LogP contribution in [0, 0.1) is 10.1 Å². The molecule has 0 radical (unpaired) electrons. The van der Waals surface area contributed by atoms with E-state index in [1.165, 1.54) is 41.3 Å². The van der Waals surface area contributed by atoms with Crippen LogP contribution in [0.3, 0.4) is 0 Å². The summed E-state index contributed by atoms with van der Waals surface area (Å²) in [5.74, 6) is -1.43. The van der Waals surface area contributed by atoms with Crippen molar-refractivity contribution in [1.29, 1.82) is 0 Å². The molecule has 1 saturated heterocycles. The van der Waals surface area contributed by atoms with E-state index in [-0.39, 0.29) is 23.1 Å². The highest BCUT2D eigenvalue weighted by molar-refractivity contribution is 8.26. The summed E-state index contributed by atoms with van der Waals surface area (Å²) >= 11 is 6.48. The summed E-state index contributed by atoms with van der Waals surface area (Å²) < 4.78 is 0.434. The number of carboxylic acid groups (broad SMARTS) is 1. The number of aromatic carboxylic acids is 1. The van der Waals surface area contributed by atoms with Crippen LogP contribution >= 0.6 is 24.0 Å². The van der Waals surface area contributed by atoms with E-state index in [4.69, 9.17) is 17.3 Å². The molecule has 2 aromatic carbocycles. The van der Waals surface area contributed by atoms with Gasteiger partial charge in [0.2, 0.25) is 5.91 Å². The summed E-state index contributed by atoms with van der Waals surface area (Å²) in [5, 5.41) is 22.6. The number of hydrogen-bond donors (Lipinski definition) is 2. The fourth-order valence-electron chi connectivity index (χ4n) is 3.22. The van der Waals surface area contributed by atoms with Crippen molar-refractivity contribution in [3.63, 3.8) is 0 Å². The molecule has 9 nitrogen and oxygen atoms in total. The number of rotatable bonds is 10. The minimum atomic E-state index is -1.03. The molecular weight excluding hydrogens is 478 g/mol. The molecule has 2 aromatic rings. The summed E-state index contributed by atoms with van der Waals surface area (Å²) in [6.07, 6.45) is 3.90. The number of non-ortho nitro benzene ring substituents is 1. The molecule has 0 saturated carbocycles. The van der Waals surface area contributed by atoms with E-state index >= 15 is 0 Å². The fraction of sp³-hybridized carbons (Fsp3) is 0.217. The van der Waals surface area contributed by atoms with Gasteiger partial charge < -0.3 is 10.4 Å². The van der Waals surface area contributed by atoms with Crippen LogP contribution in [0.5, 0.6) is 0 Å². The molecule has 0 spiro atoms. The number of nitro groups is 1. The lowest BCUT2D eigenvalue weighted by atomic mass is 10.1. The lowest BCUT2D eigenvalue weighted by molar-refractivity contribution is -0.384. The van der Waals surface area contributed by atoms with Crippen molar-refractivity contribution in [1.82, 2.24) is 4.90 Å². The Morgan fingerprint density at radius 2 is 1.88 bits per heavy atom. The van der Waals surface area contributed by atoms with Crippen LogP contribution in [0.2, 0.25) is 0 Å². The number of carboxylic acids is 1. The van der Waals surface area contributed by atoms with Crippen LogP contribution in [0.25, 0.3) is 6.08 Å². The van der Waals surface area contributed by atoms with Gasteiger partial charge in [0, 0.05) is 30.8 Å². The van der Waals surface area contributed by atoms with Crippen LogP contribution in [-0.4, -0.2) is 43.6 Å². The third-order valence-electron chi connectivity index (χ3n) is 4.95. The normalized spacial score (nSPS) is 14.5. The summed E-state index contributed by atoms with van der Waals surface area (Å²) in [7, 11) is 0. The van der Waals surface area contributed by atoms with Crippen molar-refractivity contribution in [2.24, 2.45) is 0 Å². The van der Waals surface area contributed by atoms with Crippen LogP contribution in [0.1, 0.15) is 41.6 Å². The Kier molecular flexibility index (Phi) is 8.50. The first kappa shape index (κ1) is 25.1. The van der Waals surface area contributed by atoms with E-state index in [1.807, 2.05) is 0 Å². The second kappa shape index (κ2) is 11.5. The molecule has 2 N–H and O–H groups in total. The molecule has 3 rings (SSSR count). The van der Waals surface area contributed by atoms with Gasteiger partial charge in [-0.1, -0.05) is 42.5 Å². The molecule has 176 valence electrons. The maximum Gasteiger partial charge on any atom is 0.335 e. The summed E-state index contributed by atoms with van der Waals surface area (Å²) in [4.78, 5) is 48.0.